The SMILES string of the molecule is CNS(=O)(=O)c1ccc(NCc2cnc(C)cn2)cc1N. The van der Waals surface area contributed by atoms with E-state index in [1.807, 2.05) is 6.92 Å². The van der Waals surface area contributed by atoms with E-state index in [1.54, 1.807) is 24.5 Å². The van der Waals surface area contributed by atoms with Crippen LogP contribution in [0.25, 0.3) is 0 Å². The molecule has 8 heteroatoms. The van der Waals surface area contributed by atoms with Crippen molar-refractivity contribution in [2.24, 2.45) is 0 Å². The van der Waals surface area contributed by atoms with Crippen molar-refractivity contribution in [1.82, 2.24) is 14.7 Å². The maximum Gasteiger partial charge on any atom is 0.242 e. The van der Waals surface area contributed by atoms with E-state index >= 15 is 0 Å². The van der Waals surface area contributed by atoms with Gasteiger partial charge in [0.2, 0.25) is 10.0 Å². The van der Waals surface area contributed by atoms with E-state index in [0.29, 0.717) is 12.2 Å². The minimum absolute atomic E-state index is 0.0608. The van der Waals surface area contributed by atoms with Crippen molar-refractivity contribution in [2.75, 3.05) is 18.1 Å². The Balaban J connectivity index is 2.12. The zero-order chi connectivity index (χ0) is 15.5. The van der Waals surface area contributed by atoms with Crippen LogP contribution in [0.5, 0.6) is 0 Å². The lowest BCUT2D eigenvalue weighted by Gasteiger charge is -2.10. The maximum absolute atomic E-state index is 11.7. The third kappa shape index (κ3) is 3.67. The summed E-state index contributed by atoms with van der Waals surface area (Å²) in [6.45, 7) is 2.34. The van der Waals surface area contributed by atoms with Crippen molar-refractivity contribution in [3.05, 3.63) is 42.0 Å². The highest BCUT2D eigenvalue weighted by molar-refractivity contribution is 7.89. The van der Waals surface area contributed by atoms with Gasteiger partial charge in [-0.2, -0.15) is 0 Å². The van der Waals surface area contributed by atoms with Gasteiger partial charge in [-0.15, -0.1) is 0 Å². The molecule has 2 aromatic rings. The summed E-state index contributed by atoms with van der Waals surface area (Å²) in [7, 11) is -2.20. The Kier molecular flexibility index (Phi) is 4.39. The first-order valence-electron chi connectivity index (χ1n) is 6.27. The van der Waals surface area contributed by atoms with Crippen LogP contribution < -0.4 is 15.8 Å². The molecule has 0 fully saturated rings. The summed E-state index contributed by atoms with van der Waals surface area (Å²) in [5.74, 6) is 0. The number of anilines is 2. The van der Waals surface area contributed by atoms with Gasteiger partial charge in [-0.25, -0.2) is 13.1 Å². The molecule has 0 spiro atoms. The number of sulfonamides is 1. The number of benzene rings is 1. The van der Waals surface area contributed by atoms with E-state index in [1.165, 1.54) is 13.1 Å². The van der Waals surface area contributed by atoms with E-state index in [2.05, 4.69) is 20.0 Å². The van der Waals surface area contributed by atoms with Crippen LogP contribution in [0.1, 0.15) is 11.4 Å². The Bertz CT molecular complexity index is 729. The molecule has 4 N–H and O–H groups in total. The summed E-state index contributed by atoms with van der Waals surface area (Å²) in [4.78, 5) is 8.44. The molecule has 1 aromatic carbocycles. The van der Waals surface area contributed by atoms with Gasteiger partial charge in [0.05, 0.1) is 29.8 Å². The molecule has 0 aliphatic rings. The molecule has 0 aliphatic heterocycles. The van der Waals surface area contributed by atoms with E-state index < -0.39 is 10.0 Å². The minimum atomic E-state index is -3.54. The molecule has 0 unspecified atom stereocenters. The molecule has 112 valence electrons. The molecule has 2 rings (SSSR count). The van der Waals surface area contributed by atoms with Gasteiger partial charge in [0.1, 0.15) is 4.90 Å². The highest BCUT2D eigenvalue weighted by atomic mass is 32.2. The molecule has 0 bridgehead atoms. The van der Waals surface area contributed by atoms with Gasteiger partial charge in [-0.1, -0.05) is 0 Å². The number of hydrogen-bond donors (Lipinski definition) is 3. The van der Waals surface area contributed by atoms with E-state index in [0.717, 1.165) is 11.4 Å². The minimum Gasteiger partial charge on any atom is -0.398 e. The fourth-order valence-corrected chi connectivity index (χ4v) is 2.55. The van der Waals surface area contributed by atoms with Crippen LogP contribution in [-0.2, 0) is 16.6 Å². The van der Waals surface area contributed by atoms with Gasteiger partial charge in [-0.3, -0.25) is 9.97 Å². The summed E-state index contributed by atoms with van der Waals surface area (Å²) < 4.78 is 25.7. The van der Waals surface area contributed by atoms with Crippen molar-refractivity contribution in [3.8, 4) is 0 Å². The fourth-order valence-electron chi connectivity index (χ4n) is 1.72. The Morgan fingerprint density at radius 1 is 1.24 bits per heavy atom. The summed E-state index contributed by atoms with van der Waals surface area (Å²) >= 11 is 0. The lowest BCUT2D eigenvalue weighted by Crippen LogP contribution is -2.20. The van der Waals surface area contributed by atoms with Crippen molar-refractivity contribution >= 4 is 21.4 Å². The summed E-state index contributed by atoms with van der Waals surface area (Å²) in [5, 5.41) is 3.12. The Hall–Kier alpha value is -2.19. The van der Waals surface area contributed by atoms with E-state index in [-0.39, 0.29) is 10.6 Å². The monoisotopic (exact) mass is 307 g/mol. The average molecular weight is 307 g/mol. The molecule has 0 atom stereocenters. The molecule has 7 nitrogen and oxygen atoms in total. The van der Waals surface area contributed by atoms with Gasteiger partial charge in [0.15, 0.2) is 0 Å². The van der Waals surface area contributed by atoms with Gasteiger partial charge < -0.3 is 11.1 Å². The summed E-state index contributed by atoms with van der Waals surface area (Å²) in [6.07, 6.45) is 3.37. The Morgan fingerprint density at radius 2 is 2.00 bits per heavy atom. The van der Waals surface area contributed by atoms with Crippen LogP contribution in [-0.4, -0.2) is 25.4 Å². The van der Waals surface area contributed by atoms with Gasteiger partial charge >= 0.3 is 0 Å². The van der Waals surface area contributed by atoms with Crippen LogP contribution in [0, 0.1) is 6.92 Å². The van der Waals surface area contributed by atoms with Crippen LogP contribution in [0.4, 0.5) is 11.4 Å². The quantitative estimate of drug-likeness (QED) is 0.708. The number of hydrogen-bond acceptors (Lipinski definition) is 6. The number of nitrogens with one attached hydrogen (secondary N) is 2. The normalized spacial score (nSPS) is 11.3. The second-order valence-electron chi connectivity index (χ2n) is 4.46. The van der Waals surface area contributed by atoms with Crippen molar-refractivity contribution in [2.45, 2.75) is 18.4 Å². The summed E-state index contributed by atoms with van der Waals surface area (Å²) in [6, 6.07) is 4.69. The lowest BCUT2D eigenvalue weighted by atomic mass is 10.2. The molecule has 0 saturated heterocycles. The molecule has 0 aliphatic carbocycles. The highest BCUT2D eigenvalue weighted by Gasteiger charge is 2.15. The lowest BCUT2D eigenvalue weighted by molar-refractivity contribution is 0.588. The molecule has 1 heterocycles. The molecule has 1 aromatic heterocycles. The first kappa shape index (κ1) is 15.2. The molecule has 0 amide bonds. The number of nitrogen functional groups attached to an aromatic ring is 1. The largest absolute Gasteiger partial charge is 0.398 e. The van der Waals surface area contributed by atoms with E-state index in [9.17, 15) is 8.42 Å². The zero-order valence-electron chi connectivity index (χ0n) is 11.8. The first-order chi connectivity index (χ1) is 9.92. The number of aromatic nitrogens is 2. The molecular weight excluding hydrogens is 290 g/mol. The summed E-state index contributed by atoms with van der Waals surface area (Å²) in [5.41, 5.74) is 8.32. The third-order valence-electron chi connectivity index (χ3n) is 2.88. The molecule has 21 heavy (non-hydrogen) atoms. The van der Waals surface area contributed by atoms with Gasteiger partial charge in [0.25, 0.3) is 0 Å². The number of aryl methyl sites for hydroxylation is 1. The smallest absolute Gasteiger partial charge is 0.242 e. The predicted octanol–water partition coefficient (Wildman–Crippen LogP) is 0.887. The van der Waals surface area contributed by atoms with E-state index in [4.69, 9.17) is 5.73 Å². The third-order valence-corrected chi connectivity index (χ3v) is 4.36. The van der Waals surface area contributed by atoms with Crippen molar-refractivity contribution < 1.29 is 8.42 Å². The van der Waals surface area contributed by atoms with Gasteiger partial charge in [-0.05, 0) is 32.2 Å². The standard InChI is InChI=1S/C13H17N5O2S/c1-9-6-17-11(7-16-9)8-18-10-3-4-13(12(14)5-10)21(19,20)15-2/h3-7,15,18H,8,14H2,1-2H3. The molecular formula is C13H17N5O2S. The van der Waals surface area contributed by atoms with Crippen molar-refractivity contribution in [1.29, 1.82) is 0 Å². The second kappa shape index (κ2) is 6.06. The van der Waals surface area contributed by atoms with Crippen LogP contribution in [0.3, 0.4) is 0 Å². The first-order valence-corrected chi connectivity index (χ1v) is 7.75. The molecule has 0 saturated carbocycles. The van der Waals surface area contributed by atoms with Gasteiger partial charge in [0, 0.05) is 11.9 Å². The Labute approximate surface area is 123 Å². The number of nitrogens with zero attached hydrogens (tertiary/aromatic N) is 2. The number of nitrogens with two attached hydrogens (primary N) is 1. The van der Waals surface area contributed by atoms with Crippen LogP contribution in [0.2, 0.25) is 0 Å². The highest BCUT2D eigenvalue weighted by Crippen LogP contribution is 2.22. The molecule has 0 radical (unpaired) electrons. The van der Waals surface area contributed by atoms with Crippen molar-refractivity contribution in [3.63, 3.8) is 0 Å². The second-order valence-corrected chi connectivity index (χ2v) is 6.32. The zero-order valence-corrected chi connectivity index (χ0v) is 12.6. The average Bonchev–Trinajstić information content (AvgIpc) is 2.46. The predicted molar refractivity (Wildman–Crippen MR) is 81.2 cm³/mol. The Morgan fingerprint density at radius 3 is 2.57 bits per heavy atom. The van der Waals surface area contributed by atoms with Crippen LogP contribution in [0.15, 0.2) is 35.5 Å². The number of rotatable bonds is 5. The fraction of sp³-hybridized carbons (Fsp3) is 0.231. The topological polar surface area (TPSA) is 110 Å². The van der Waals surface area contributed by atoms with Crippen LogP contribution >= 0.6 is 0 Å². The maximum atomic E-state index is 11.7.